The van der Waals surface area contributed by atoms with E-state index < -0.39 is 10.0 Å². The van der Waals surface area contributed by atoms with Gasteiger partial charge in [-0.25, -0.2) is 13.6 Å². The summed E-state index contributed by atoms with van der Waals surface area (Å²) in [4.78, 5) is 2.97. The number of primary sulfonamides is 1. The molecule has 0 fully saturated rings. The van der Waals surface area contributed by atoms with E-state index in [0.29, 0.717) is 17.7 Å². The van der Waals surface area contributed by atoms with E-state index in [4.69, 9.17) is 17.4 Å². The van der Waals surface area contributed by atoms with Crippen molar-refractivity contribution in [1.82, 2.24) is 9.55 Å². The lowest BCUT2D eigenvalue weighted by Crippen LogP contribution is -2.12. The number of nitrogens with two attached hydrogens (primary N) is 1. The second-order valence-corrected chi connectivity index (χ2v) is 6.28. The summed E-state index contributed by atoms with van der Waals surface area (Å²) in [6.07, 6.45) is 2.34. The van der Waals surface area contributed by atoms with Crippen molar-refractivity contribution in [3.8, 4) is 0 Å². The monoisotopic (exact) mass is 313 g/mol. The molecule has 4 N–H and O–H groups in total. The molecule has 0 bridgehead atoms. The highest BCUT2D eigenvalue weighted by Crippen LogP contribution is 2.11. The van der Waals surface area contributed by atoms with Gasteiger partial charge in [0.2, 0.25) is 10.0 Å². The molecule has 2 rings (SSSR count). The zero-order chi connectivity index (χ0) is 14.8. The number of aliphatic hydroxyl groups excluding tert-OH is 1. The summed E-state index contributed by atoms with van der Waals surface area (Å²) in [6, 6.07) is 6.39. The molecule has 0 aliphatic rings. The second kappa shape index (κ2) is 5.88. The summed E-state index contributed by atoms with van der Waals surface area (Å²) in [7, 11) is -3.66. The molecule has 0 saturated carbocycles. The third-order valence-electron chi connectivity index (χ3n) is 2.99. The van der Waals surface area contributed by atoms with Crippen molar-refractivity contribution in [1.29, 1.82) is 0 Å². The van der Waals surface area contributed by atoms with Crippen molar-refractivity contribution in [2.24, 2.45) is 5.14 Å². The molecule has 8 heteroatoms. The van der Waals surface area contributed by atoms with E-state index >= 15 is 0 Å². The van der Waals surface area contributed by atoms with Crippen molar-refractivity contribution in [3.05, 3.63) is 46.5 Å². The van der Waals surface area contributed by atoms with E-state index in [1.54, 1.807) is 18.3 Å². The topological polar surface area (TPSA) is 101 Å². The predicted molar refractivity (Wildman–Crippen MR) is 77.1 cm³/mol. The summed E-state index contributed by atoms with van der Waals surface area (Å²) >= 11 is 5.12. The van der Waals surface area contributed by atoms with E-state index in [2.05, 4.69) is 4.98 Å². The van der Waals surface area contributed by atoms with Gasteiger partial charge in [0, 0.05) is 12.7 Å². The van der Waals surface area contributed by atoms with Crippen molar-refractivity contribution in [2.45, 2.75) is 24.5 Å². The molecule has 0 spiro atoms. The normalized spacial score (nSPS) is 11.7. The first-order valence-electron chi connectivity index (χ1n) is 5.91. The number of aryl methyl sites for hydroxylation is 1. The van der Waals surface area contributed by atoms with E-state index in [1.807, 2.05) is 4.57 Å². The number of nitrogens with one attached hydrogen (secondary N) is 1. The maximum Gasteiger partial charge on any atom is 0.238 e. The Morgan fingerprint density at radius 2 is 1.95 bits per heavy atom. The predicted octanol–water partition coefficient (Wildman–Crippen LogP) is 0.928. The molecule has 0 aliphatic heterocycles. The smallest absolute Gasteiger partial charge is 0.238 e. The first-order valence-corrected chi connectivity index (χ1v) is 7.87. The first kappa shape index (κ1) is 14.9. The number of nitrogens with zero attached hydrogens (tertiary/aromatic N) is 1. The lowest BCUT2D eigenvalue weighted by molar-refractivity contribution is 0.270. The van der Waals surface area contributed by atoms with E-state index in [9.17, 15) is 13.5 Å². The fourth-order valence-corrected chi connectivity index (χ4v) is 2.68. The molecule has 1 heterocycles. The maximum absolute atomic E-state index is 11.1. The van der Waals surface area contributed by atoms with Gasteiger partial charge in [-0.05, 0) is 36.3 Å². The van der Waals surface area contributed by atoms with Crippen LogP contribution in [0.5, 0.6) is 0 Å². The molecule has 0 saturated heterocycles. The van der Waals surface area contributed by atoms with Gasteiger partial charge in [0.15, 0.2) is 4.77 Å². The van der Waals surface area contributed by atoms with Crippen LogP contribution in [0.3, 0.4) is 0 Å². The molecule has 108 valence electrons. The number of sulfonamides is 1. The van der Waals surface area contributed by atoms with Gasteiger partial charge in [-0.15, -0.1) is 0 Å². The van der Waals surface area contributed by atoms with Crippen LogP contribution in [0.15, 0.2) is 35.4 Å². The largest absolute Gasteiger partial charge is 0.390 e. The Bertz CT molecular complexity index is 745. The molecule has 0 unspecified atom stereocenters. The molecule has 6 nitrogen and oxygen atoms in total. The minimum Gasteiger partial charge on any atom is -0.390 e. The van der Waals surface area contributed by atoms with Gasteiger partial charge in [-0.1, -0.05) is 12.1 Å². The van der Waals surface area contributed by atoms with Crippen molar-refractivity contribution >= 4 is 22.2 Å². The molecule has 0 radical (unpaired) electrons. The Kier molecular flexibility index (Phi) is 4.39. The number of hydrogen-bond acceptors (Lipinski definition) is 4. The fraction of sp³-hybridized carbons (Fsp3) is 0.250. The molecule has 0 amide bonds. The van der Waals surface area contributed by atoms with Crippen molar-refractivity contribution in [2.75, 3.05) is 0 Å². The Morgan fingerprint density at radius 1 is 1.30 bits per heavy atom. The van der Waals surface area contributed by atoms with Crippen LogP contribution in [0, 0.1) is 4.77 Å². The van der Waals surface area contributed by atoms with Crippen molar-refractivity contribution in [3.63, 3.8) is 0 Å². The maximum atomic E-state index is 11.1. The number of imidazole rings is 1. The summed E-state index contributed by atoms with van der Waals surface area (Å²) in [5.41, 5.74) is 1.68. The number of aliphatic hydroxyl groups is 1. The van der Waals surface area contributed by atoms with E-state index in [1.165, 1.54) is 12.1 Å². The first-order chi connectivity index (χ1) is 9.41. The third kappa shape index (κ3) is 3.34. The molecule has 1 aromatic heterocycles. The zero-order valence-corrected chi connectivity index (χ0v) is 12.2. The number of rotatable bonds is 5. The van der Waals surface area contributed by atoms with Crippen LogP contribution in [0.25, 0.3) is 0 Å². The Balaban J connectivity index is 2.12. The molecule has 2 aromatic rings. The summed E-state index contributed by atoms with van der Waals surface area (Å²) in [5.74, 6) is 0. The highest BCUT2D eigenvalue weighted by Gasteiger charge is 2.07. The van der Waals surface area contributed by atoms with Gasteiger partial charge < -0.3 is 14.7 Å². The summed E-state index contributed by atoms with van der Waals surface area (Å²) < 4.78 is 24.6. The van der Waals surface area contributed by atoms with Crippen LogP contribution in [0.4, 0.5) is 0 Å². The van der Waals surface area contributed by atoms with Crippen LogP contribution in [-0.4, -0.2) is 23.1 Å². The minimum atomic E-state index is -3.66. The van der Waals surface area contributed by atoms with Crippen molar-refractivity contribution < 1.29 is 13.5 Å². The van der Waals surface area contributed by atoms with Crippen LogP contribution in [-0.2, 0) is 29.6 Å². The Labute approximate surface area is 121 Å². The highest BCUT2D eigenvalue weighted by atomic mass is 32.2. The standard InChI is InChI=1S/C12H15N3O3S2/c13-20(17,18)11-3-1-9(2-4-11)5-6-15-10(8-16)7-14-12(15)19/h1-4,7,16H,5-6,8H2,(H,14,19)(H2,13,17,18). The number of hydrogen-bond donors (Lipinski definition) is 3. The average Bonchev–Trinajstić information content (AvgIpc) is 2.76. The lowest BCUT2D eigenvalue weighted by atomic mass is 10.1. The minimum absolute atomic E-state index is 0.0858. The Morgan fingerprint density at radius 3 is 2.50 bits per heavy atom. The molecular formula is C12H15N3O3S2. The molecular weight excluding hydrogens is 298 g/mol. The third-order valence-corrected chi connectivity index (χ3v) is 4.26. The van der Waals surface area contributed by atoms with Gasteiger partial charge in [0.1, 0.15) is 0 Å². The van der Waals surface area contributed by atoms with Gasteiger partial charge in [-0.3, -0.25) is 0 Å². The van der Waals surface area contributed by atoms with E-state index in [0.717, 1.165) is 11.3 Å². The molecule has 0 aliphatic carbocycles. The number of benzene rings is 1. The number of aromatic nitrogens is 2. The number of aromatic amines is 1. The Hall–Kier alpha value is -1.48. The lowest BCUT2D eigenvalue weighted by Gasteiger charge is -2.07. The second-order valence-electron chi connectivity index (χ2n) is 4.33. The molecule has 20 heavy (non-hydrogen) atoms. The van der Waals surface area contributed by atoms with Crippen LogP contribution in [0.1, 0.15) is 11.3 Å². The van der Waals surface area contributed by atoms with Crippen LogP contribution >= 0.6 is 12.2 Å². The average molecular weight is 313 g/mol. The van der Waals surface area contributed by atoms with Gasteiger partial charge >= 0.3 is 0 Å². The van der Waals surface area contributed by atoms with E-state index in [-0.39, 0.29) is 11.5 Å². The van der Waals surface area contributed by atoms with Gasteiger partial charge in [0.25, 0.3) is 0 Å². The number of H-pyrrole nitrogens is 1. The van der Waals surface area contributed by atoms with Gasteiger partial charge in [-0.2, -0.15) is 0 Å². The fourth-order valence-electron chi connectivity index (χ4n) is 1.89. The van der Waals surface area contributed by atoms with Crippen LogP contribution < -0.4 is 5.14 Å². The highest BCUT2D eigenvalue weighted by molar-refractivity contribution is 7.89. The van der Waals surface area contributed by atoms with Crippen LogP contribution in [0.2, 0.25) is 0 Å². The summed E-state index contributed by atoms with van der Waals surface area (Å²) in [5, 5.41) is 14.2. The zero-order valence-electron chi connectivity index (χ0n) is 10.6. The quantitative estimate of drug-likeness (QED) is 0.715. The SMILES string of the molecule is NS(=O)(=O)c1ccc(CCn2c(CO)c[nH]c2=S)cc1. The molecule has 0 atom stereocenters. The molecule has 1 aromatic carbocycles. The summed E-state index contributed by atoms with van der Waals surface area (Å²) in [6.45, 7) is 0.518. The van der Waals surface area contributed by atoms with Gasteiger partial charge in [0.05, 0.1) is 17.2 Å².